The molecule has 0 radical (unpaired) electrons. The largest absolute Gasteiger partial charge is 0.385 e. The van der Waals surface area contributed by atoms with Crippen molar-refractivity contribution in [3.05, 3.63) is 18.0 Å². The molecule has 0 bridgehead atoms. The Morgan fingerprint density at radius 2 is 2.24 bits per heavy atom. The summed E-state index contributed by atoms with van der Waals surface area (Å²) in [5.41, 5.74) is 1.27. The van der Waals surface area contributed by atoms with E-state index >= 15 is 0 Å². The van der Waals surface area contributed by atoms with Crippen LogP contribution in [-0.4, -0.2) is 30.0 Å². The van der Waals surface area contributed by atoms with Gasteiger partial charge < -0.3 is 10.1 Å². The number of nitrogens with one attached hydrogen (secondary N) is 1. The van der Waals surface area contributed by atoms with Gasteiger partial charge in [-0.05, 0) is 31.4 Å². The number of nitrogens with zero attached hydrogens (tertiary/aromatic N) is 2. The van der Waals surface area contributed by atoms with Crippen LogP contribution in [0.4, 0.5) is 0 Å². The van der Waals surface area contributed by atoms with Gasteiger partial charge in [0.15, 0.2) is 0 Å². The van der Waals surface area contributed by atoms with Crippen LogP contribution in [0.5, 0.6) is 0 Å². The molecule has 1 heterocycles. The fraction of sp³-hybridized carbons (Fsp3) is 0.769. The Kier molecular flexibility index (Phi) is 6.89. The van der Waals surface area contributed by atoms with Crippen LogP contribution in [0.3, 0.4) is 0 Å². The average molecular weight is 239 g/mol. The van der Waals surface area contributed by atoms with E-state index in [4.69, 9.17) is 4.74 Å². The molecule has 0 fully saturated rings. The van der Waals surface area contributed by atoms with Gasteiger partial charge in [-0.3, -0.25) is 4.68 Å². The first-order valence-corrected chi connectivity index (χ1v) is 6.44. The van der Waals surface area contributed by atoms with E-state index in [0.717, 1.165) is 39.1 Å². The third-order valence-electron chi connectivity index (χ3n) is 2.63. The van der Waals surface area contributed by atoms with Gasteiger partial charge in [-0.25, -0.2) is 0 Å². The van der Waals surface area contributed by atoms with Gasteiger partial charge in [0.1, 0.15) is 0 Å². The number of aryl methyl sites for hydroxylation is 1. The van der Waals surface area contributed by atoms with Gasteiger partial charge in [-0.1, -0.05) is 13.8 Å². The second kappa shape index (κ2) is 8.25. The zero-order valence-electron chi connectivity index (χ0n) is 11.3. The lowest BCUT2D eigenvalue weighted by molar-refractivity contribution is 0.190. The highest BCUT2D eigenvalue weighted by Crippen LogP contribution is 2.02. The molecule has 0 unspecified atom stereocenters. The SMILES string of the molecule is COCCCCn1nccc1CNCC(C)C. The minimum absolute atomic E-state index is 0.688. The fourth-order valence-electron chi connectivity index (χ4n) is 1.71. The molecule has 0 saturated heterocycles. The Balaban J connectivity index is 2.27. The van der Waals surface area contributed by atoms with Gasteiger partial charge in [0.2, 0.25) is 0 Å². The predicted octanol–water partition coefficient (Wildman–Crippen LogP) is 2.06. The zero-order chi connectivity index (χ0) is 12.5. The molecular weight excluding hydrogens is 214 g/mol. The van der Waals surface area contributed by atoms with Crippen molar-refractivity contribution in [1.82, 2.24) is 15.1 Å². The van der Waals surface area contributed by atoms with Crippen molar-refractivity contribution < 1.29 is 4.74 Å². The van der Waals surface area contributed by atoms with Crippen LogP contribution in [0.1, 0.15) is 32.4 Å². The first-order chi connectivity index (χ1) is 8.24. The van der Waals surface area contributed by atoms with Crippen LogP contribution in [0, 0.1) is 5.92 Å². The molecule has 0 saturated carbocycles. The van der Waals surface area contributed by atoms with Crippen LogP contribution >= 0.6 is 0 Å². The van der Waals surface area contributed by atoms with Crippen molar-refractivity contribution in [3.8, 4) is 0 Å². The van der Waals surface area contributed by atoms with Crippen LogP contribution in [0.2, 0.25) is 0 Å². The monoisotopic (exact) mass is 239 g/mol. The summed E-state index contributed by atoms with van der Waals surface area (Å²) in [6, 6.07) is 2.09. The standard InChI is InChI=1S/C13H25N3O/c1-12(2)10-14-11-13-6-7-15-16(13)8-4-5-9-17-3/h6-7,12,14H,4-5,8-11H2,1-3H3. The molecule has 1 aromatic heterocycles. The van der Waals surface area contributed by atoms with Crippen molar-refractivity contribution in [2.45, 2.75) is 39.8 Å². The lowest BCUT2D eigenvalue weighted by Gasteiger charge is -2.10. The number of methoxy groups -OCH3 is 1. The van der Waals surface area contributed by atoms with E-state index in [1.54, 1.807) is 7.11 Å². The summed E-state index contributed by atoms with van der Waals surface area (Å²) in [7, 11) is 1.75. The summed E-state index contributed by atoms with van der Waals surface area (Å²) in [5, 5.41) is 7.79. The number of hydrogen-bond acceptors (Lipinski definition) is 3. The number of hydrogen-bond donors (Lipinski definition) is 1. The Labute approximate surface area is 104 Å². The second-order valence-electron chi connectivity index (χ2n) is 4.77. The highest BCUT2D eigenvalue weighted by molar-refractivity contribution is 4.99. The molecule has 0 aromatic carbocycles. The second-order valence-corrected chi connectivity index (χ2v) is 4.77. The molecule has 0 aliphatic heterocycles. The Morgan fingerprint density at radius 1 is 1.41 bits per heavy atom. The molecule has 0 aliphatic carbocycles. The normalized spacial score (nSPS) is 11.3. The topological polar surface area (TPSA) is 39.1 Å². The average Bonchev–Trinajstić information content (AvgIpc) is 2.72. The minimum Gasteiger partial charge on any atom is -0.385 e. The Morgan fingerprint density at radius 3 is 2.94 bits per heavy atom. The van der Waals surface area contributed by atoms with E-state index in [1.165, 1.54) is 5.69 Å². The molecule has 0 amide bonds. The van der Waals surface area contributed by atoms with E-state index in [9.17, 15) is 0 Å². The van der Waals surface area contributed by atoms with Crippen molar-refractivity contribution in [3.63, 3.8) is 0 Å². The predicted molar refractivity (Wildman–Crippen MR) is 69.9 cm³/mol. The maximum Gasteiger partial charge on any atom is 0.0522 e. The van der Waals surface area contributed by atoms with Crippen molar-refractivity contribution >= 4 is 0 Å². The van der Waals surface area contributed by atoms with Crippen molar-refractivity contribution in [2.24, 2.45) is 5.92 Å². The number of unbranched alkanes of at least 4 members (excludes halogenated alkanes) is 1. The van der Waals surface area contributed by atoms with E-state index in [0.29, 0.717) is 5.92 Å². The van der Waals surface area contributed by atoms with Gasteiger partial charge in [-0.15, -0.1) is 0 Å². The van der Waals surface area contributed by atoms with Crippen molar-refractivity contribution in [2.75, 3.05) is 20.3 Å². The maximum atomic E-state index is 5.04. The van der Waals surface area contributed by atoms with Gasteiger partial charge in [0, 0.05) is 33.0 Å². The summed E-state index contributed by atoms with van der Waals surface area (Å²) in [5.74, 6) is 0.688. The van der Waals surface area contributed by atoms with E-state index in [1.807, 2.05) is 6.20 Å². The van der Waals surface area contributed by atoms with Crippen molar-refractivity contribution in [1.29, 1.82) is 0 Å². The summed E-state index contributed by atoms with van der Waals surface area (Å²) in [6.07, 6.45) is 4.09. The third kappa shape index (κ3) is 5.84. The van der Waals surface area contributed by atoms with Gasteiger partial charge in [0.05, 0.1) is 5.69 Å². The Bertz CT molecular complexity index is 297. The first kappa shape index (κ1) is 14.2. The molecular formula is C13H25N3O. The van der Waals surface area contributed by atoms with E-state index in [2.05, 4.69) is 35.0 Å². The molecule has 4 heteroatoms. The van der Waals surface area contributed by atoms with Crippen LogP contribution in [0.25, 0.3) is 0 Å². The van der Waals surface area contributed by atoms with Crippen LogP contribution in [0.15, 0.2) is 12.3 Å². The highest BCUT2D eigenvalue weighted by Gasteiger charge is 2.02. The summed E-state index contributed by atoms with van der Waals surface area (Å²) < 4.78 is 7.13. The first-order valence-electron chi connectivity index (χ1n) is 6.44. The highest BCUT2D eigenvalue weighted by atomic mass is 16.5. The Hall–Kier alpha value is -0.870. The quantitative estimate of drug-likeness (QED) is 0.670. The van der Waals surface area contributed by atoms with Crippen LogP contribution < -0.4 is 5.32 Å². The zero-order valence-corrected chi connectivity index (χ0v) is 11.3. The minimum atomic E-state index is 0.688. The molecule has 4 nitrogen and oxygen atoms in total. The molecule has 0 spiro atoms. The van der Waals surface area contributed by atoms with E-state index in [-0.39, 0.29) is 0 Å². The molecule has 1 aromatic rings. The molecule has 17 heavy (non-hydrogen) atoms. The van der Waals surface area contributed by atoms with Gasteiger partial charge in [0.25, 0.3) is 0 Å². The molecule has 1 N–H and O–H groups in total. The number of rotatable bonds is 9. The third-order valence-corrected chi connectivity index (χ3v) is 2.63. The summed E-state index contributed by atoms with van der Waals surface area (Å²) in [4.78, 5) is 0. The molecule has 1 rings (SSSR count). The molecule has 0 aliphatic rings. The summed E-state index contributed by atoms with van der Waals surface area (Å²) >= 11 is 0. The van der Waals surface area contributed by atoms with Gasteiger partial charge in [-0.2, -0.15) is 5.10 Å². The van der Waals surface area contributed by atoms with Crippen LogP contribution in [-0.2, 0) is 17.8 Å². The molecule has 0 atom stereocenters. The lowest BCUT2D eigenvalue weighted by Crippen LogP contribution is -2.21. The maximum absolute atomic E-state index is 5.04. The molecule has 98 valence electrons. The summed E-state index contributed by atoms with van der Waals surface area (Å²) in [6.45, 7) is 8.21. The fourth-order valence-corrected chi connectivity index (χ4v) is 1.71. The van der Waals surface area contributed by atoms with E-state index < -0.39 is 0 Å². The lowest BCUT2D eigenvalue weighted by atomic mass is 10.2. The number of aromatic nitrogens is 2. The number of ether oxygens (including phenoxy) is 1. The van der Waals surface area contributed by atoms with Gasteiger partial charge >= 0.3 is 0 Å². The smallest absolute Gasteiger partial charge is 0.0522 e.